The van der Waals surface area contributed by atoms with Gasteiger partial charge >= 0.3 is 0 Å². The molecule has 3 aromatic rings. The average Bonchev–Trinajstić information content (AvgIpc) is 3.06. The number of halogens is 1. The number of carbonyl (C=O) groups excluding carboxylic acids is 1. The Bertz CT molecular complexity index is 902. The first-order valence-electron chi connectivity index (χ1n) is 8.51. The van der Waals surface area contributed by atoms with E-state index in [0.717, 1.165) is 11.4 Å². The third-order valence-corrected chi connectivity index (χ3v) is 4.14. The van der Waals surface area contributed by atoms with Crippen LogP contribution in [0.3, 0.4) is 0 Å². The fourth-order valence-electron chi connectivity index (χ4n) is 2.55. The molecule has 5 nitrogen and oxygen atoms in total. The zero-order chi connectivity index (χ0) is 18.5. The summed E-state index contributed by atoms with van der Waals surface area (Å²) in [6.07, 6.45) is 1.19. The summed E-state index contributed by atoms with van der Waals surface area (Å²) in [5.74, 6) is 0.741. The molecule has 0 spiro atoms. The summed E-state index contributed by atoms with van der Waals surface area (Å²) in [5.41, 5.74) is 3.20. The van der Waals surface area contributed by atoms with Gasteiger partial charge in [-0.1, -0.05) is 35.9 Å². The number of aromatic nitrogens is 3. The van der Waals surface area contributed by atoms with E-state index in [1.54, 1.807) is 19.1 Å². The van der Waals surface area contributed by atoms with Gasteiger partial charge in [0.1, 0.15) is 11.6 Å². The van der Waals surface area contributed by atoms with Crippen molar-refractivity contribution >= 4 is 5.91 Å². The number of rotatable bonds is 6. The number of hydrogen-bond acceptors (Lipinski definition) is 3. The summed E-state index contributed by atoms with van der Waals surface area (Å²) >= 11 is 0. The van der Waals surface area contributed by atoms with Gasteiger partial charge in [0.2, 0.25) is 0 Å². The Morgan fingerprint density at radius 2 is 1.92 bits per heavy atom. The highest BCUT2D eigenvalue weighted by molar-refractivity contribution is 5.94. The lowest BCUT2D eigenvalue weighted by Crippen LogP contribution is -2.26. The number of amides is 1. The molecule has 0 saturated carbocycles. The fraction of sp³-hybridized carbons (Fsp3) is 0.250. The van der Waals surface area contributed by atoms with Gasteiger partial charge in [0.15, 0.2) is 5.82 Å². The number of benzene rings is 2. The first kappa shape index (κ1) is 17.8. The quantitative estimate of drug-likeness (QED) is 0.716. The molecule has 0 aliphatic carbocycles. The summed E-state index contributed by atoms with van der Waals surface area (Å²) in [6, 6.07) is 12.7. The van der Waals surface area contributed by atoms with Gasteiger partial charge < -0.3 is 5.32 Å². The molecule has 1 heterocycles. The molecule has 134 valence electrons. The van der Waals surface area contributed by atoms with Crippen molar-refractivity contribution in [1.82, 2.24) is 20.5 Å². The lowest BCUT2D eigenvalue weighted by molar-refractivity contribution is 0.0953. The van der Waals surface area contributed by atoms with Crippen LogP contribution in [0.15, 0.2) is 42.5 Å². The molecular weight excluding hydrogens is 331 g/mol. The predicted octanol–water partition coefficient (Wildman–Crippen LogP) is 3.12. The SMILES string of the molecule is Cc1ccc(Cc2nc(CCNC(=O)c3ccc(C)c(F)c3)n[nH]2)cc1. The van der Waals surface area contributed by atoms with E-state index in [-0.39, 0.29) is 11.7 Å². The van der Waals surface area contributed by atoms with Gasteiger partial charge in [0, 0.05) is 24.9 Å². The van der Waals surface area contributed by atoms with Crippen LogP contribution in [-0.4, -0.2) is 27.6 Å². The van der Waals surface area contributed by atoms with E-state index in [0.29, 0.717) is 36.3 Å². The standard InChI is InChI=1S/C20H21FN4O/c1-13-3-6-15(7-4-13)11-19-23-18(24-25-19)9-10-22-20(26)16-8-5-14(2)17(21)12-16/h3-8,12H,9-11H2,1-2H3,(H,22,26)(H,23,24,25). The molecule has 26 heavy (non-hydrogen) atoms. The molecule has 0 fully saturated rings. The van der Waals surface area contributed by atoms with Gasteiger partial charge in [0.05, 0.1) is 0 Å². The Balaban J connectivity index is 1.50. The molecular formula is C20H21FN4O. The number of nitrogens with one attached hydrogen (secondary N) is 2. The van der Waals surface area contributed by atoms with Crippen LogP contribution in [-0.2, 0) is 12.8 Å². The fourth-order valence-corrected chi connectivity index (χ4v) is 2.55. The monoisotopic (exact) mass is 352 g/mol. The Morgan fingerprint density at radius 3 is 2.65 bits per heavy atom. The maximum atomic E-state index is 13.5. The minimum atomic E-state index is -0.382. The van der Waals surface area contributed by atoms with Crippen molar-refractivity contribution in [1.29, 1.82) is 0 Å². The van der Waals surface area contributed by atoms with Crippen molar-refractivity contribution in [3.63, 3.8) is 0 Å². The molecule has 0 aliphatic rings. The first-order chi connectivity index (χ1) is 12.5. The smallest absolute Gasteiger partial charge is 0.251 e. The molecule has 1 aromatic heterocycles. The van der Waals surface area contributed by atoms with Gasteiger partial charge in [-0.05, 0) is 37.1 Å². The molecule has 2 aromatic carbocycles. The van der Waals surface area contributed by atoms with Crippen molar-refractivity contribution in [3.05, 3.63) is 82.2 Å². The topological polar surface area (TPSA) is 70.7 Å². The summed E-state index contributed by atoms with van der Waals surface area (Å²) in [4.78, 5) is 16.5. The molecule has 3 rings (SSSR count). The van der Waals surface area contributed by atoms with Crippen molar-refractivity contribution in [3.8, 4) is 0 Å². The zero-order valence-electron chi connectivity index (χ0n) is 14.8. The number of aryl methyl sites for hydroxylation is 2. The van der Waals surface area contributed by atoms with Crippen LogP contribution in [0, 0.1) is 19.7 Å². The van der Waals surface area contributed by atoms with Crippen LogP contribution in [0.4, 0.5) is 4.39 Å². The Labute approximate surface area is 151 Å². The van der Waals surface area contributed by atoms with Gasteiger partial charge in [-0.15, -0.1) is 0 Å². The molecule has 2 N–H and O–H groups in total. The van der Waals surface area contributed by atoms with Crippen LogP contribution in [0.25, 0.3) is 0 Å². The van der Waals surface area contributed by atoms with Crippen molar-refractivity contribution in [2.24, 2.45) is 0 Å². The van der Waals surface area contributed by atoms with Crippen molar-refractivity contribution in [2.45, 2.75) is 26.7 Å². The predicted molar refractivity (Wildman–Crippen MR) is 97.5 cm³/mol. The highest BCUT2D eigenvalue weighted by atomic mass is 19.1. The molecule has 0 radical (unpaired) electrons. The average molecular weight is 352 g/mol. The molecule has 0 unspecified atom stereocenters. The minimum absolute atomic E-state index is 0.306. The van der Waals surface area contributed by atoms with Crippen molar-refractivity contribution in [2.75, 3.05) is 6.54 Å². The van der Waals surface area contributed by atoms with Gasteiger partial charge in [-0.25, -0.2) is 9.37 Å². The summed E-state index contributed by atoms with van der Waals surface area (Å²) in [6.45, 7) is 4.10. The normalized spacial score (nSPS) is 10.7. The lowest BCUT2D eigenvalue weighted by Gasteiger charge is -2.05. The van der Waals surface area contributed by atoms with E-state index in [1.165, 1.54) is 11.6 Å². The van der Waals surface area contributed by atoms with Crippen LogP contribution >= 0.6 is 0 Å². The van der Waals surface area contributed by atoms with Crippen molar-refractivity contribution < 1.29 is 9.18 Å². The maximum absolute atomic E-state index is 13.5. The lowest BCUT2D eigenvalue weighted by atomic mass is 10.1. The third-order valence-electron chi connectivity index (χ3n) is 4.14. The molecule has 6 heteroatoms. The summed E-state index contributed by atoms with van der Waals surface area (Å²) < 4.78 is 13.5. The van der Waals surface area contributed by atoms with E-state index in [1.807, 2.05) is 0 Å². The number of hydrogen-bond donors (Lipinski definition) is 2. The van der Waals surface area contributed by atoms with E-state index in [4.69, 9.17) is 0 Å². The van der Waals surface area contributed by atoms with Gasteiger partial charge in [0.25, 0.3) is 5.91 Å². The summed E-state index contributed by atoms with van der Waals surface area (Å²) in [7, 11) is 0. The van der Waals surface area contributed by atoms with E-state index < -0.39 is 0 Å². The van der Waals surface area contributed by atoms with E-state index in [2.05, 4.69) is 51.7 Å². The molecule has 0 aliphatic heterocycles. The van der Waals surface area contributed by atoms with Crippen LogP contribution in [0.2, 0.25) is 0 Å². The molecule has 1 amide bonds. The molecule has 0 bridgehead atoms. The van der Waals surface area contributed by atoms with Crippen LogP contribution in [0.5, 0.6) is 0 Å². The molecule has 0 atom stereocenters. The third kappa shape index (κ3) is 4.53. The van der Waals surface area contributed by atoms with Crippen LogP contribution < -0.4 is 5.32 Å². The highest BCUT2D eigenvalue weighted by Crippen LogP contribution is 2.09. The Morgan fingerprint density at radius 1 is 1.15 bits per heavy atom. The Kier molecular flexibility index (Phi) is 5.41. The van der Waals surface area contributed by atoms with E-state index in [9.17, 15) is 9.18 Å². The molecule has 0 saturated heterocycles. The second-order valence-electron chi connectivity index (χ2n) is 6.33. The first-order valence-corrected chi connectivity index (χ1v) is 8.51. The minimum Gasteiger partial charge on any atom is -0.352 e. The van der Waals surface area contributed by atoms with E-state index >= 15 is 0 Å². The largest absolute Gasteiger partial charge is 0.352 e. The van der Waals surface area contributed by atoms with Gasteiger partial charge in [-0.3, -0.25) is 9.89 Å². The van der Waals surface area contributed by atoms with Crippen LogP contribution in [0.1, 0.15) is 38.7 Å². The Hall–Kier alpha value is -3.02. The number of aromatic amines is 1. The number of carbonyl (C=O) groups is 1. The second kappa shape index (κ2) is 7.91. The van der Waals surface area contributed by atoms with Gasteiger partial charge in [-0.2, -0.15) is 5.10 Å². The summed E-state index contributed by atoms with van der Waals surface area (Å²) in [5, 5.41) is 9.87. The second-order valence-corrected chi connectivity index (χ2v) is 6.33. The zero-order valence-corrected chi connectivity index (χ0v) is 14.8. The number of nitrogens with zero attached hydrogens (tertiary/aromatic N) is 2. The highest BCUT2D eigenvalue weighted by Gasteiger charge is 2.09. The number of H-pyrrole nitrogens is 1. The maximum Gasteiger partial charge on any atom is 0.251 e.